The first kappa shape index (κ1) is 30.5. The second kappa shape index (κ2) is 12.7. The van der Waals surface area contributed by atoms with E-state index in [4.69, 9.17) is 36.3 Å². The number of imide groups is 1. The first-order chi connectivity index (χ1) is 17.1. The number of likely N-dealkylation sites (tertiary alicyclic amines) is 1. The number of anilines is 1. The van der Waals surface area contributed by atoms with Crippen molar-refractivity contribution in [2.24, 2.45) is 5.92 Å². The summed E-state index contributed by atoms with van der Waals surface area (Å²) in [7, 11) is 1.44. The number of amides is 2. The molecule has 37 heavy (non-hydrogen) atoms. The van der Waals surface area contributed by atoms with Gasteiger partial charge in [-0.1, -0.05) is 11.6 Å². The van der Waals surface area contributed by atoms with Gasteiger partial charge in [-0.25, -0.2) is 19.3 Å². The fourth-order valence-electron chi connectivity index (χ4n) is 3.75. The molecule has 1 aromatic carbocycles. The summed E-state index contributed by atoms with van der Waals surface area (Å²) < 4.78 is 21.5. The number of piperidine rings is 1. The summed E-state index contributed by atoms with van der Waals surface area (Å²) in [5, 5.41) is 0.252. The molecule has 1 heterocycles. The third kappa shape index (κ3) is 9.92. The minimum absolute atomic E-state index is 0.0972. The molecule has 1 aliphatic heterocycles. The van der Waals surface area contributed by atoms with Gasteiger partial charge in [-0.3, -0.25) is 4.90 Å². The third-order valence-electron chi connectivity index (χ3n) is 5.56. The van der Waals surface area contributed by atoms with Crippen LogP contribution in [-0.4, -0.2) is 79.1 Å². The Labute approximate surface area is 224 Å². The molecule has 1 aromatic rings. The van der Waals surface area contributed by atoms with Gasteiger partial charge in [0.25, 0.3) is 0 Å². The number of nitrogens with two attached hydrogens (primary N) is 1. The van der Waals surface area contributed by atoms with Crippen molar-refractivity contribution in [1.82, 2.24) is 9.80 Å². The second-order valence-corrected chi connectivity index (χ2v) is 11.5. The van der Waals surface area contributed by atoms with Gasteiger partial charge in [0.15, 0.2) is 0 Å². The number of carbonyl (C=O) groups is 3. The van der Waals surface area contributed by atoms with Crippen LogP contribution in [0, 0.1) is 5.92 Å². The molecule has 0 spiro atoms. The second-order valence-electron chi connectivity index (χ2n) is 11.1. The normalized spacial score (nSPS) is 15.1. The predicted octanol–water partition coefficient (Wildman–Crippen LogP) is 4.97. The fourth-order valence-corrected chi connectivity index (χ4v) is 3.91. The quantitative estimate of drug-likeness (QED) is 0.289. The van der Waals surface area contributed by atoms with E-state index in [0.717, 1.165) is 30.8 Å². The van der Waals surface area contributed by atoms with Crippen LogP contribution in [0.5, 0.6) is 5.75 Å². The number of methoxy groups -OCH3 is 1. The summed E-state index contributed by atoms with van der Waals surface area (Å²) in [5.41, 5.74) is 4.82. The van der Waals surface area contributed by atoms with Gasteiger partial charge in [0, 0.05) is 19.2 Å². The molecule has 0 saturated carbocycles. The summed E-state index contributed by atoms with van der Waals surface area (Å²) in [5.74, 6) is -0.147. The van der Waals surface area contributed by atoms with Crippen LogP contribution in [0.25, 0.3) is 0 Å². The molecule has 0 aliphatic carbocycles. The van der Waals surface area contributed by atoms with Gasteiger partial charge >= 0.3 is 18.2 Å². The number of nitrogens with zero attached hydrogens (tertiary/aromatic N) is 2. The minimum Gasteiger partial charge on any atom is -0.496 e. The molecule has 11 heteroatoms. The van der Waals surface area contributed by atoms with Crippen molar-refractivity contribution in [3.63, 3.8) is 0 Å². The van der Waals surface area contributed by atoms with Crippen molar-refractivity contribution in [3.8, 4) is 5.75 Å². The average molecular weight is 542 g/mol. The molecule has 2 amide bonds. The molecule has 1 fully saturated rings. The van der Waals surface area contributed by atoms with Crippen LogP contribution in [0.15, 0.2) is 12.1 Å². The molecule has 1 saturated heterocycles. The monoisotopic (exact) mass is 541 g/mol. The zero-order valence-corrected chi connectivity index (χ0v) is 23.6. The summed E-state index contributed by atoms with van der Waals surface area (Å²) in [6.45, 7) is 12.9. The zero-order chi connectivity index (χ0) is 28.0. The molecule has 10 nitrogen and oxygen atoms in total. The number of carbonyl (C=O) groups excluding carboxylic acids is 3. The topological polar surface area (TPSA) is 121 Å². The predicted molar refractivity (Wildman–Crippen MR) is 141 cm³/mol. The van der Waals surface area contributed by atoms with Crippen molar-refractivity contribution in [2.45, 2.75) is 65.6 Å². The van der Waals surface area contributed by atoms with E-state index in [0.29, 0.717) is 18.0 Å². The minimum atomic E-state index is -0.736. The van der Waals surface area contributed by atoms with E-state index in [9.17, 15) is 14.4 Å². The number of nitrogen functional groups attached to an aromatic ring is 1. The molecule has 0 atom stereocenters. The van der Waals surface area contributed by atoms with Gasteiger partial charge in [0.2, 0.25) is 0 Å². The van der Waals surface area contributed by atoms with Gasteiger partial charge in [-0.05, 0) is 79.5 Å². The van der Waals surface area contributed by atoms with Crippen molar-refractivity contribution >= 4 is 35.4 Å². The Bertz CT molecular complexity index is 936. The first-order valence-electron chi connectivity index (χ1n) is 12.4. The van der Waals surface area contributed by atoms with Crippen LogP contribution in [0.4, 0.5) is 15.3 Å². The largest absolute Gasteiger partial charge is 0.496 e. The molecule has 1 aliphatic rings. The van der Waals surface area contributed by atoms with Crippen molar-refractivity contribution < 1.29 is 33.3 Å². The highest BCUT2D eigenvalue weighted by atomic mass is 35.5. The van der Waals surface area contributed by atoms with Gasteiger partial charge < -0.3 is 24.7 Å². The highest BCUT2D eigenvalue weighted by molar-refractivity contribution is 6.33. The Morgan fingerprint density at radius 3 is 2.05 bits per heavy atom. The van der Waals surface area contributed by atoms with Gasteiger partial charge in [-0.15, -0.1) is 0 Å². The van der Waals surface area contributed by atoms with Gasteiger partial charge in [0.05, 0.1) is 17.8 Å². The van der Waals surface area contributed by atoms with Gasteiger partial charge in [-0.2, -0.15) is 0 Å². The summed E-state index contributed by atoms with van der Waals surface area (Å²) >= 11 is 6.04. The summed E-state index contributed by atoms with van der Waals surface area (Å²) in [6.07, 6.45) is 0.0955. The molecular formula is C26H40ClN3O7. The Balaban J connectivity index is 1.88. The third-order valence-corrected chi connectivity index (χ3v) is 5.88. The molecule has 2 N–H and O–H groups in total. The Hall–Kier alpha value is -2.72. The number of halogens is 1. The molecule has 2 rings (SSSR count). The number of ether oxygens (including phenoxy) is 4. The lowest BCUT2D eigenvalue weighted by Gasteiger charge is -2.35. The van der Waals surface area contributed by atoms with Crippen molar-refractivity contribution in [3.05, 3.63) is 22.7 Å². The van der Waals surface area contributed by atoms with Crippen molar-refractivity contribution in [2.75, 3.05) is 45.6 Å². The molecular weight excluding hydrogens is 502 g/mol. The number of esters is 1. The summed E-state index contributed by atoms with van der Waals surface area (Å²) in [6, 6.07) is 2.92. The maximum Gasteiger partial charge on any atom is 0.419 e. The number of hydrogen-bond acceptors (Lipinski definition) is 9. The highest BCUT2D eigenvalue weighted by Crippen LogP contribution is 2.29. The lowest BCUT2D eigenvalue weighted by atomic mass is 9.96. The van der Waals surface area contributed by atoms with E-state index in [1.54, 1.807) is 41.5 Å². The van der Waals surface area contributed by atoms with Crippen LogP contribution in [-0.2, 0) is 14.2 Å². The number of rotatable bonds is 7. The maximum absolute atomic E-state index is 12.8. The molecule has 0 aromatic heterocycles. The van der Waals surface area contributed by atoms with Crippen LogP contribution < -0.4 is 10.5 Å². The number of hydrogen-bond donors (Lipinski definition) is 1. The van der Waals surface area contributed by atoms with E-state index in [2.05, 4.69) is 4.90 Å². The first-order valence-corrected chi connectivity index (χ1v) is 12.7. The Morgan fingerprint density at radius 2 is 1.57 bits per heavy atom. The van der Waals surface area contributed by atoms with Crippen LogP contribution in [0.2, 0.25) is 5.02 Å². The van der Waals surface area contributed by atoms with Gasteiger partial charge in [0.1, 0.15) is 29.1 Å². The lowest BCUT2D eigenvalue weighted by Crippen LogP contribution is -2.47. The maximum atomic E-state index is 12.8. The Kier molecular flexibility index (Phi) is 10.5. The Morgan fingerprint density at radius 1 is 1.03 bits per heavy atom. The van der Waals surface area contributed by atoms with Crippen LogP contribution in [0.1, 0.15) is 64.7 Å². The van der Waals surface area contributed by atoms with E-state index in [1.165, 1.54) is 19.2 Å². The zero-order valence-electron chi connectivity index (χ0n) is 22.9. The fraction of sp³-hybridized carbons (Fsp3) is 0.654. The smallest absolute Gasteiger partial charge is 0.419 e. The van der Waals surface area contributed by atoms with E-state index < -0.39 is 29.4 Å². The highest BCUT2D eigenvalue weighted by Gasteiger charge is 2.34. The standard InChI is InChI=1S/C26H40ClN3O7/c1-25(2,3)36-23(32)30(24(33)37-26(4,5)6)16-17-8-10-29(11-9-17)12-13-35-22(31)18-14-19(27)20(28)15-21(18)34-7/h14-15,17H,8-13,16,28H2,1-7H3. The molecule has 0 bridgehead atoms. The lowest BCUT2D eigenvalue weighted by molar-refractivity contribution is -0.00365. The van der Waals surface area contributed by atoms with E-state index in [-0.39, 0.29) is 29.7 Å². The van der Waals surface area contributed by atoms with Crippen LogP contribution >= 0.6 is 11.6 Å². The van der Waals surface area contributed by atoms with E-state index in [1.807, 2.05) is 0 Å². The molecule has 208 valence electrons. The average Bonchev–Trinajstić information content (AvgIpc) is 2.77. The molecule has 0 unspecified atom stereocenters. The van der Waals surface area contributed by atoms with Crippen molar-refractivity contribution in [1.29, 1.82) is 0 Å². The van der Waals surface area contributed by atoms with E-state index >= 15 is 0 Å². The summed E-state index contributed by atoms with van der Waals surface area (Å²) in [4.78, 5) is 41.2. The number of benzene rings is 1. The van der Waals surface area contributed by atoms with Crippen LogP contribution in [0.3, 0.4) is 0 Å². The SMILES string of the molecule is COc1cc(N)c(Cl)cc1C(=O)OCCN1CCC(CN(C(=O)OC(C)(C)C)C(=O)OC(C)(C)C)CC1. The molecule has 0 radical (unpaired) electrons.